The van der Waals surface area contributed by atoms with Crippen LogP contribution < -0.4 is 0 Å². The van der Waals surface area contributed by atoms with Gasteiger partial charge >= 0.3 is 0 Å². The van der Waals surface area contributed by atoms with Gasteiger partial charge in [-0.05, 0) is 42.1 Å². The molecule has 7 heteroatoms. The Hall–Kier alpha value is -2.80. The molecule has 0 bridgehead atoms. The molecule has 0 aliphatic rings. The van der Waals surface area contributed by atoms with Gasteiger partial charge < -0.3 is 4.52 Å². The Kier molecular flexibility index (Phi) is 3.92. The largest absolute Gasteiger partial charge is 0.334 e. The van der Waals surface area contributed by atoms with E-state index in [-0.39, 0.29) is 0 Å². The highest BCUT2D eigenvalue weighted by molar-refractivity contribution is 7.10. The summed E-state index contributed by atoms with van der Waals surface area (Å²) in [5.74, 6) is 1.03. The van der Waals surface area contributed by atoms with Gasteiger partial charge in [-0.25, -0.2) is 4.68 Å². The number of hydrogen-bond acceptors (Lipinski definition) is 6. The monoisotopic (exact) mass is 337 g/mol. The number of benzene rings is 1. The average molecular weight is 337 g/mol. The molecule has 0 N–H and O–H groups in total. The second kappa shape index (κ2) is 6.37. The normalized spacial score (nSPS) is 11.7. The van der Waals surface area contributed by atoms with Crippen LogP contribution in [0.5, 0.6) is 0 Å². The molecule has 6 nitrogen and oxygen atoms in total. The fraction of sp³-hybridized carbons (Fsp3) is 0.176. The van der Waals surface area contributed by atoms with E-state index < -0.39 is 0 Å². The van der Waals surface area contributed by atoms with Crippen molar-refractivity contribution in [1.29, 1.82) is 0 Å². The molecular formula is C17H15N5OS. The summed E-state index contributed by atoms with van der Waals surface area (Å²) >= 11 is 1.66. The molecule has 0 aliphatic heterocycles. The highest BCUT2D eigenvalue weighted by Gasteiger charge is 2.10. The summed E-state index contributed by atoms with van der Waals surface area (Å²) in [7, 11) is 0. The van der Waals surface area contributed by atoms with Crippen molar-refractivity contribution >= 4 is 34.5 Å². The number of aryl methyl sites for hydroxylation is 1. The summed E-state index contributed by atoms with van der Waals surface area (Å²) in [5.41, 5.74) is 2.72. The molecule has 1 aromatic carbocycles. The van der Waals surface area contributed by atoms with Crippen molar-refractivity contribution in [2.75, 3.05) is 0 Å². The van der Waals surface area contributed by atoms with Crippen LogP contribution in [0.2, 0.25) is 0 Å². The lowest BCUT2D eigenvalue weighted by atomic mass is 10.2. The highest BCUT2D eigenvalue weighted by atomic mass is 32.1. The number of rotatable bonds is 5. The maximum atomic E-state index is 5.29. The zero-order chi connectivity index (χ0) is 16.4. The van der Waals surface area contributed by atoms with Gasteiger partial charge in [0.1, 0.15) is 5.52 Å². The third-order valence-electron chi connectivity index (χ3n) is 3.58. The summed E-state index contributed by atoms with van der Waals surface area (Å²) in [4.78, 5) is 5.56. The Bertz CT molecular complexity index is 984. The minimum atomic E-state index is 0.480. The first kappa shape index (κ1) is 14.8. The smallest absolute Gasteiger partial charge is 0.250 e. The van der Waals surface area contributed by atoms with Crippen LogP contribution in [0.15, 0.2) is 40.2 Å². The lowest BCUT2D eigenvalue weighted by Gasteiger charge is -1.99. The van der Waals surface area contributed by atoms with Crippen LogP contribution in [0.3, 0.4) is 0 Å². The Morgan fingerprint density at radius 2 is 2.21 bits per heavy atom. The molecule has 4 rings (SSSR count). The zero-order valence-corrected chi connectivity index (χ0v) is 13.9. The zero-order valence-electron chi connectivity index (χ0n) is 13.1. The topological polar surface area (TPSA) is 69.6 Å². The van der Waals surface area contributed by atoms with E-state index in [0.29, 0.717) is 11.7 Å². The van der Waals surface area contributed by atoms with E-state index in [0.717, 1.165) is 34.4 Å². The van der Waals surface area contributed by atoms with Gasteiger partial charge in [-0.2, -0.15) is 4.98 Å². The third kappa shape index (κ3) is 2.85. The van der Waals surface area contributed by atoms with E-state index in [2.05, 4.69) is 27.4 Å². The predicted molar refractivity (Wildman–Crippen MR) is 94.4 cm³/mol. The third-order valence-corrected chi connectivity index (χ3v) is 4.42. The second-order valence-electron chi connectivity index (χ2n) is 5.32. The summed E-state index contributed by atoms with van der Waals surface area (Å²) in [6.45, 7) is 2.97. The fourth-order valence-electron chi connectivity index (χ4n) is 2.45. The first-order valence-electron chi connectivity index (χ1n) is 7.72. The van der Waals surface area contributed by atoms with Gasteiger partial charge in [-0.3, -0.25) is 0 Å². The van der Waals surface area contributed by atoms with Crippen molar-refractivity contribution in [3.05, 3.63) is 46.5 Å². The van der Waals surface area contributed by atoms with Crippen LogP contribution in [0.1, 0.15) is 24.1 Å². The molecule has 3 aromatic heterocycles. The van der Waals surface area contributed by atoms with Crippen LogP contribution in [0.25, 0.3) is 34.6 Å². The average Bonchev–Trinajstić information content (AvgIpc) is 3.34. The maximum Gasteiger partial charge on any atom is 0.250 e. The number of thiophene rings is 1. The van der Waals surface area contributed by atoms with E-state index in [1.54, 1.807) is 11.3 Å². The lowest BCUT2D eigenvalue weighted by Crippen LogP contribution is -1.98. The van der Waals surface area contributed by atoms with Crippen molar-refractivity contribution in [3.63, 3.8) is 0 Å². The highest BCUT2D eigenvalue weighted by Crippen LogP contribution is 2.22. The molecule has 0 saturated carbocycles. The van der Waals surface area contributed by atoms with E-state index in [4.69, 9.17) is 4.52 Å². The number of hydrogen-bond donors (Lipinski definition) is 0. The Morgan fingerprint density at radius 1 is 1.25 bits per heavy atom. The van der Waals surface area contributed by atoms with E-state index in [1.165, 1.54) is 0 Å². The van der Waals surface area contributed by atoms with Gasteiger partial charge in [0.25, 0.3) is 5.89 Å². The minimum absolute atomic E-state index is 0.480. The van der Waals surface area contributed by atoms with Gasteiger partial charge in [0.05, 0.1) is 5.52 Å². The lowest BCUT2D eigenvalue weighted by molar-refractivity contribution is 0.411. The molecule has 0 amide bonds. The van der Waals surface area contributed by atoms with Crippen LogP contribution in [0, 0.1) is 0 Å². The molecule has 0 radical (unpaired) electrons. The van der Waals surface area contributed by atoms with Crippen LogP contribution in [0.4, 0.5) is 0 Å². The number of nitrogens with zero attached hydrogens (tertiary/aromatic N) is 5. The first-order chi connectivity index (χ1) is 11.8. The van der Waals surface area contributed by atoms with E-state index in [1.807, 2.05) is 52.5 Å². The van der Waals surface area contributed by atoms with Crippen LogP contribution in [-0.2, 0) is 6.54 Å². The molecule has 0 spiro atoms. The molecule has 0 fully saturated rings. The van der Waals surface area contributed by atoms with Crippen LogP contribution >= 0.6 is 11.3 Å². The molecule has 24 heavy (non-hydrogen) atoms. The fourth-order valence-corrected chi connectivity index (χ4v) is 3.07. The summed E-state index contributed by atoms with van der Waals surface area (Å²) in [5, 5.41) is 14.5. The number of fused-ring (bicyclic) bond motifs is 1. The summed E-state index contributed by atoms with van der Waals surface area (Å²) in [6.07, 6.45) is 4.80. The van der Waals surface area contributed by atoms with E-state index in [9.17, 15) is 0 Å². The number of aromatic nitrogens is 5. The predicted octanol–water partition coefficient (Wildman–Crippen LogP) is 4.12. The van der Waals surface area contributed by atoms with Gasteiger partial charge in [-0.15, -0.1) is 16.4 Å². The molecule has 3 heterocycles. The molecule has 0 atom stereocenters. The van der Waals surface area contributed by atoms with Gasteiger partial charge in [0, 0.05) is 23.1 Å². The molecule has 0 saturated heterocycles. The van der Waals surface area contributed by atoms with Crippen molar-refractivity contribution in [1.82, 2.24) is 25.1 Å². The standard InChI is InChI=1S/C17H15N5OS/c1-2-9-22-15-7-5-12(11-14(15)19-21-22)17-18-16(23-20-17)8-6-13-4-3-10-24-13/h3-8,10-11H,2,9H2,1H3/b8-6+. The molecule has 0 aliphatic carbocycles. The molecule has 0 unspecified atom stereocenters. The van der Waals surface area contributed by atoms with Gasteiger partial charge in [0.15, 0.2) is 0 Å². The van der Waals surface area contributed by atoms with Crippen molar-refractivity contribution < 1.29 is 4.52 Å². The SMILES string of the molecule is CCCn1nnc2cc(-c3noc(/C=C/c4cccs4)n3)ccc21. The molecular weight excluding hydrogens is 322 g/mol. The first-order valence-corrected chi connectivity index (χ1v) is 8.60. The maximum absolute atomic E-state index is 5.29. The van der Waals surface area contributed by atoms with Crippen molar-refractivity contribution in [3.8, 4) is 11.4 Å². The summed E-state index contributed by atoms with van der Waals surface area (Å²) in [6, 6.07) is 9.94. The Morgan fingerprint density at radius 3 is 3.04 bits per heavy atom. The van der Waals surface area contributed by atoms with Gasteiger partial charge in [0.2, 0.25) is 5.82 Å². The van der Waals surface area contributed by atoms with E-state index >= 15 is 0 Å². The quantitative estimate of drug-likeness (QED) is 0.548. The molecule has 120 valence electrons. The summed E-state index contributed by atoms with van der Waals surface area (Å²) < 4.78 is 7.20. The second-order valence-corrected chi connectivity index (χ2v) is 6.30. The van der Waals surface area contributed by atoms with Crippen molar-refractivity contribution in [2.45, 2.75) is 19.9 Å². The Balaban J connectivity index is 1.61. The Labute approximate surface area is 142 Å². The van der Waals surface area contributed by atoms with Crippen molar-refractivity contribution in [2.24, 2.45) is 0 Å². The minimum Gasteiger partial charge on any atom is -0.334 e. The molecule has 4 aromatic rings. The van der Waals surface area contributed by atoms with Crippen LogP contribution in [-0.4, -0.2) is 25.1 Å². The van der Waals surface area contributed by atoms with Gasteiger partial charge in [-0.1, -0.05) is 23.4 Å².